The van der Waals surface area contributed by atoms with Crippen LogP contribution in [0.1, 0.15) is 11.4 Å². The second-order valence-corrected chi connectivity index (χ2v) is 2.42. The predicted octanol–water partition coefficient (Wildman–Crippen LogP) is 1.33. The molecule has 0 aromatic carbocycles. The van der Waals surface area contributed by atoms with Crippen molar-refractivity contribution in [2.75, 3.05) is 5.73 Å². The number of aromatic nitrogens is 2. The highest BCUT2D eigenvalue weighted by Crippen LogP contribution is 2.13. The van der Waals surface area contributed by atoms with Gasteiger partial charge in [-0.15, -0.1) is 0 Å². The molecule has 10 heavy (non-hydrogen) atoms. The Morgan fingerprint density at radius 3 is 2.00 bits per heavy atom. The van der Waals surface area contributed by atoms with E-state index in [1.54, 1.807) is 13.8 Å². The molecule has 0 saturated carbocycles. The predicted molar refractivity (Wildman–Crippen MR) is 40.9 cm³/mol. The van der Waals surface area contributed by atoms with Crippen LogP contribution < -0.4 is 5.73 Å². The Balaban J connectivity index is 3.31. The molecule has 54 valence electrons. The maximum absolute atomic E-state index is 5.57. The molecule has 3 nitrogen and oxygen atoms in total. The number of aryl methyl sites for hydroxylation is 2. The highest BCUT2D eigenvalue weighted by atomic mass is 35.5. The first-order chi connectivity index (χ1) is 4.61. The van der Waals surface area contributed by atoms with Crippen molar-refractivity contribution in [1.29, 1.82) is 0 Å². The van der Waals surface area contributed by atoms with Crippen LogP contribution >= 0.6 is 11.6 Å². The molecule has 0 unspecified atom stereocenters. The third-order valence-electron chi connectivity index (χ3n) is 1.30. The summed E-state index contributed by atoms with van der Waals surface area (Å²) in [5, 5.41) is 0.254. The molecule has 1 heterocycles. The lowest BCUT2D eigenvalue weighted by atomic mass is 10.3. The maximum atomic E-state index is 5.57. The minimum Gasteiger partial charge on any atom is -0.396 e. The second-order valence-electron chi connectivity index (χ2n) is 2.08. The zero-order valence-electron chi connectivity index (χ0n) is 5.85. The number of anilines is 1. The third kappa shape index (κ3) is 1.19. The van der Waals surface area contributed by atoms with Crippen LogP contribution in [0.2, 0.25) is 5.28 Å². The van der Waals surface area contributed by atoms with Crippen LogP contribution in [0.4, 0.5) is 5.69 Å². The van der Waals surface area contributed by atoms with Crippen molar-refractivity contribution in [3.63, 3.8) is 0 Å². The van der Waals surface area contributed by atoms with Gasteiger partial charge in [0, 0.05) is 0 Å². The average Bonchev–Trinajstić information content (AvgIpc) is 1.82. The highest BCUT2D eigenvalue weighted by Gasteiger charge is 2.01. The van der Waals surface area contributed by atoms with Gasteiger partial charge in [-0.2, -0.15) is 0 Å². The fraction of sp³-hybridized carbons (Fsp3) is 0.333. The molecule has 0 aliphatic carbocycles. The van der Waals surface area contributed by atoms with Gasteiger partial charge < -0.3 is 5.73 Å². The minimum absolute atomic E-state index is 0.254. The van der Waals surface area contributed by atoms with Crippen molar-refractivity contribution in [3.8, 4) is 0 Å². The van der Waals surface area contributed by atoms with Crippen molar-refractivity contribution in [2.24, 2.45) is 0 Å². The molecule has 1 aromatic heterocycles. The topological polar surface area (TPSA) is 51.8 Å². The zero-order chi connectivity index (χ0) is 7.72. The number of nitrogens with two attached hydrogens (primary N) is 1. The van der Waals surface area contributed by atoms with E-state index >= 15 is 0 Å². The number of nitrogen functional groups attached to an aromatic ring is 1. The Morgan fingerprint density at radius 2 is 1.60 bits per heavy atom. The SMILES string of the molecule is Cc1nc(Cl)nc(C)c1N. The van der Waals surface area contributed by atoms with Gasteiger partial charge >= 0.3 is 0 Å². The monoisotopic (exact) mass is 157 g/mol. The van der Waals surface area contributed by atoms with E-state index in [9.17, 15) is 0 Å². The van der Waals surface area contributed by atoms with E-state index in [0.717, 1.165) is 11.4 Å². The molecule has 4 heteroatoms. The Morgan fingerprint density at radius 1 is 1.20 bits per heavy atom. The summed E-state index contributed by atoms with van der Waals surface area (Å²) in [4.78, 5) is 7.73. The second kappa shape index (κ2) is 2.42. The van der Waals surface area contributed by atoms with Gasteiger partial charge in [0.25, 0.3) is 0 Å². The first kappa shape index (κ1) is 7.28. The van der Waals surface area contributed by atoms with Crippen LogP contribution in [0.3, 0.4) is 0 Å². The molecular formula is C6H8ClN3. The van der Waals surface area contributed by atoms with Gasteiger partial charge in [0.05, 0.1) is 17.1 Å². The molecule has 0 saturated heterocycles. The number of hydrogen-bond acceptors (Lipinski definition) is 3. The van der Waals surface area contributed by atoms with Crippen LogP contribution in [0.5, 0.6) is 0 Å². The standard InChI is InChI=1S/C6H8ClN3/c1-3-5(8)4(2)10-6(7)9-3/h8H2,1-2H3. The summed E-state index contributed by atoms with van der Waals surface area (Å²) in [5.41, 5.74) is 7.65. The Labute approximate surface area is 64.2 Å². The number of halogens is 1. The minimum atomic E-state index is 0.254. The fourth-order valence-corrected chi connectivity index (χ4v) is 0.938. The number of hydrogen-bond donors (Lipinski definition) is 1. The van der Waals surface area contributed by atoms with E-state index < -0.39 is 0 Å². The van der Waals surface area contributed by atoms with Crippen molar-refractivity contribution in [3.05, 3.63) is 16.7 Å². The van der Waals surface area contributed by atoms with Crippen molar-refractivity contribution < 1.29 is 0 Å². The van der Waals surface area contributed by atoms with Crippen LogP contribution in [-0.2, 0) is 0 Å². The lowest BCUT2D eigenvalue weighted by Gasteiger charge is -2.01. The van der Waals surface area contributed by atoms with Crippen LogP contribution in [0.15, 0.2) is 0 Å². The summed E-state index contributed by atoms with van der Waals surface area (Å²) in [7, 11) is 0. The van der Waals surface area contributed by atoms with Gasteiger partial charge in [0.2, 0.25) is 5.28 Å². The summed E-state index contributed by atoms with van der Waals surface area (Å²) in [5.74, 6) is 0. The Hall–Kier alpha value is -0.830. The highest BCUT2D eigenvalue weighted by molar-refractivity contribution is 6.28. The number of rotatable bonds is 0. The van der Waals surface area contributed by atoms with E-state index in [4.69, 9.17) is 17.3 Å². The van der Waals surface area contributed by atoms with Gasteiger partial charge in [0.1, 0.15) is 0 Å². The van der Waals surface area contributed by atoms with E-state index in [1.165, 1.54) is 0 Å². The maximum Gasteiger partial charge on any atom is 0.222 e. The molecule has 0 atom stereocenters. The van der Waals surface area contributed by atoms with Gasteiger partial charge in [-0.05, 0) is 25.4 Å². The quantitative estimate of drug-likeness (QED) is 0.578. The summed E-state index contributed by atoms with van der Waals surface area (Å²) < 4.78 is 0. The first-order valence-corrected chi connectivity index (χ1v) is 3.25. The van der Waals surface area contributed by atoms with E-state index in [-0.39, 0.29) is 5.28 Å². The molecule has 0 amide bonds. The molecule has 2 N–H and O–H groups in total. The molecule has 0 fully saturated rings. The van der Waals surface area contributed by atoms with E-state index in [2.05, 4.69) is 9.97 Å². The van der Waals surface area contributed by atoms with Crippen molar-refractivity contribution >= 4 is 17.3 Å². The van der Waals surface area contributed by atoms with Crippen molar-refractivity contribution in [2.45, 2.75) is 13.8 Å². The van der Waals surface area contributed by atoms with Gasteiger partial charge in [0.15, 0.2) is 0 Å². The first-order valence-electron chi connectivity index (χ1n) is 2.87. The third-order valence-corrected chi connectivity index (χ3v) is 1.47. The zero-order valence-corrected chi connectivity index (χ0v) is 6.61. The van der Waals surface area contributed by atoms with Gasteiger partial charge in [-0.1, -0.05) is 0 Å². The fourth-order valence-electron chi connectivity index (χ4n) is 0.684. The molecule has 0 spiro atoms. The smallest absolute Gasteiger partial charge is 0.222 e. The Bertz CT molecular complexity index is 236. The molecule has 0 radical (unpaired) electrons. The van der Waals surface area contributed by atoms with E-state index in [0.29, 0.717) is 5.69 Å². The summed E-state index contributed by atoms with van der Waals surface area (Å²) >= 11 is 5.54. The van der Waals surface area contributed by atoms with Gasteiger partial charge in [-0.3, -0.25) is 0 Å². The molecule has 1 rings (SSSR count). The lowest BCUT2D eigenvalue weighted by molar-refractivity contribution is 1.06. The molecule has 1 aromatic rings. The summed E-state index contributed by atoms with van der Waals surface area (Å²) in [6, 6.07) is 0. The molecule has 0 bridgehead atoms. The van der Waals surface area contributed by atoms with Crippen molar-refractivity contribution in [1.82, 2.24) is 9.97 Å². The van der Waals surface area contributed by atoms with Crippen LogP contribution in [0.25, 0.3) is 0 Å². The summed E-state index contributed by atoms with van der Waals surface area (Å²) in [6.45, 7) is 3.60. The van der Waals surface area contributed by atoms with Gasteiger partial charge in [-0.25, -0.2) is 9.97 Å². The van der Waals surface area contributed by atoms with E-state index in [1.807, 2.05) is 0 Å². The number of nitrogens with zero attached hydrogens (tertiary/aromatic N) is 2. The Kier molecular flexibility index (Phi) is 1.76. The molecule has 0 aliphatic rings. The van der Waals surface area contributed by atoms with Crippen LogP contribution in [0, 0.1) is 13.8 Å². The largest absolute Gasteiger partial charge is 0.396 e. The normalized spacial score (nSPS) is 9.90. The summed E-state index contributed by atoms with van der Waals surface area (Å²) in [6.07, 6.45) is 0. The molecule has 0 aliphatic heterocycles. The van der Waals surface area contributed by atoms with Crippen LogP contribution in [-0.4, -0.2) is 9.97 Å². The average molecular weight is 158 g/mol. The lowest BCUT2D eigenvalue weighted by Crippen LogP contribution is -1.99. The molecular weight excluding hydrogens is 150 g/mol.